The van der Waals surface area contributed by atoms with Gasteiger partial charge in [-0.3, -0.25) is 4.98 Å². The highest BCUT2D eigenvalue weighted by molar-refractivity contribution is 5.53. The zero-order valence-electron chi connectivity index (χ0n) is 11.0. The average molecular weight is 246 g/mol. The third kappa shape index (κ3) is 2.56. The predicted octanol–water partition coefficient (Wildman–Crippen LogP) is 2.36. The molecule has 0 aromatic carbocycles. The largest absolute Gasteiger partial charge is 0.337 e. The lowest BCUT2D eigenvalue weighted by Crippen LogP contribution is -2.17. The van der Waals surface area contributed by atoms with Crippen molar-refractivity contribution in [2.75, 3.05) is 6.54 Å². The monoisotopic (exact) mass is 246 g/mol. The Labute approximate surface area is 107 Å². The van der Waals surface area contributed by atoms with Crippen molar-refractivity contribution < 1.29 is 4.52 Å². The standard InChI is InChI=1S/C13H18N4O/c1-4-10-7-6-8-15-11(10)12-16-13(18-17-12)9(3)14-5-2/h6-9,14H,4-5H2,1-3H3. The molecular formula is C13H18N4O. The zero-order valence-corrected chi connectivity index (χ0v) is 11.0. The average Bonchev–Trinajstić information content (AvgIpc) is 2.88. The van der Waals surface area contributed by atoms with Crippen LogP contribution in [0.25, 0.3) is 11.5 Å². The van der Waals surface area contributed by atoms with Gasteiger partial charge in [-0.05, 0) is 31.5 Å². The minimum absolute atomic E-state index is 0.0602. The SMILES string of the molecule is CCNC(C)c1nc(-c2ncccc2CC)no1. The molecular weight excluding hydrogens is 228 g/mol. The van der Waals surface area contributed by atoms with Gasteiger partial charge in [0.15, 0.2) is 0 Å². The lowest BCUT2D eigenvalue weighted by Gasteiger charge is -2.05. The molecule has 0 saturated heterocycles. The molecule has 0 aliphatic rings. The maximum absolute atomic E-state index is 5.27. The first-order valence-corrected chi connectivity index (χ1v) is 6.27. The lowest BCUT2D eigenvalue weighted by molar-refractivity contribution is 0.342. The molecule has 96 valence electrons. The van der Waals surface area contributed by atoms with Gasteiger partial charge in [0.1, 0.15) is 5.69 Å². The van der Waals surface area contributed by atoms with Gasteiger partial charge in [-0.25, -0.2) is 0 Å². The Kier molecular flexibility index (Phi) is 4.04. The second-order valence-corrected chi connectivity index (χ2v) is 4.10. The summed E-state index contributed by atoms with van der Waals surface area (Å²) in [5, 5.41) is 7.25. The van der Waals surface area contributed by atoms with Crippen LogP contribution in [0, 0.1) is 0 Å². The number of nitrogens with one attached hydrogen (secondary N) is 1. The predicted molar refractivity (Wildman–Crippen MR) is 69.0 cm³/mol. The van der Waals surface area contributed by atoms with E-state index in [1.807, 2.05) is 26.0 Å². The molecule has 0 fully saturated rings. The quantitative estimate of drug-likeness (QED) is 0.877. The summed E-state index contributed by atoms with van der Waals surface area (Å²) >= 11 is 0. The molecule has 0 spiro atoms. The van der Waals surface area contributed by atoms with E-state index in [0.717, 1.165) is 24.2 Å². The van der Waals surface area contributed by atoms with Crippen LogP contribution in [0.15, 0.2) is 22.9 Å². The van der Waals surface area contributed by atoms with Crippen LogP contribution in [0.5, 0.6) is 0 Å². The first kappa shape index (κ1) is 12.7. The molecule has 0 aliphatic heterocycles. The molecule has 1 N–H and O–H groups in total. The second-order valence-electron chi connectivity index (χ2n) is 4.10. The minimum Gasteiger partial charge on any atom is -0.337 e. The number of aromatic nitrogens is 3. The number of nitrogens with zero attached hydrogens (tertiary/aromatic N) is 3. The normalized spacial score (nSPS) is 12.6. The van der Waals surface area contributed by atoms with Crippen molar-refractivity contribution in [3.05, 3.63) is 29.8 Å². The van der Waals surface area contributed by atoms with Gasteiger partial charge < -0.3 is 9.84 Å². The summed E-state index contributed by atoms with van der Waals surface area (Å²) < 4.78 is 5.27. The number of aryl methyl sites for hydroxylation is 1. The van der Waals surface area contributed by atoms with E-state index in [9.17, 15) is 0 Å². The van der Waals surface area contributed by atoms with E-state index >= 15 is 0 Å². The van der Waals surface area contributed by atoms with Crippen molar-refractivity contribution in [2.45, 2.75) is 33.2 Å². The van der Waals surface area contributed by atoms with E-state index in [-0.39, 0.29) is 6.04 Å². The zero-order chi connectivity index (χ0) is 13.0. The summed E-state index contributed by atoms with van der Waals surface area (Å²) in [5.74, 6) is 1.16. The molecule has 1 atom stereocenters. The van der Waals surface area contributed by atoms with Crippen molar-refractivity contribution in [3.8, 4) is 11.5 Å². The molecule has 2 aromatic heterocycles. The van der Waals surface area contributed by atoms with Crippen LogP contribution >= 0.6 is 0 Å². The number of pyridine rings is 1. The van der Waals surface area contributed by atoms with Crippen molar-refractivity contribution in [1.29, 1.82) is 0 Å². The number of hydrogen-bond acceptors (Lipinski definition) is 5. The van der Waals surface area contributed by atoms with Crippen LogP contribution in [0.1, 0.15) is 38.3 Å². The van der Waals surface area contributed by atoms with Crippen molar-refractivity contribution >= 4 is 0 Å². The summed E-state index contributed by atoms with van der Waals surface area (Å²) in [6.45, 7) is 6.99. The van der Waals surface area contributed by atoms with E-state index in [2.05, 4.69) is 27.4 Å². The summed E-state index contributed by atoms with van der Waals surface area (Å²) in [6.07, 6.45) is 2.65. The molecule has 5 heteroatoms. The Hall–Kier alpha value is -1.75. The highest BCUT2D eigenvalue weighted by Gasteiger charge is 2.16. The smallest absolute Gasteiger partial charge is 0.243 e. The van der Waals surface area contributed by atoms with Gasteiger partial charge in [-0.2, -0.15) is 4.98 Å². The molecule has 2 rings (SSSR count). The van der Waals surface area contributed by atoms with Crippen molar-refractivity contribution in [3.63, 3.8) is 0 Å². The Morgan fingerprint density at radius 1 is 1.39 bits per heavy atom. The van der Waals surface area contributed by atoms with Crippen LogP contribution in [0.2, 0.25) is 0 Å². The van der Waals surface area contributed by atoms with Crippen LogP contribution in [0.3, 0.4) is 0 Å². The third-order valence-electron chi connectivity index (χ3n) is 2.81. The fourth-order valence-corrected chi connectivity index (χ4v) is 1.83. The molecule has 0 bridgehead atoms. The van der Waals surface area contributed by atoms with Crippen LogP contribution in [-0.4, -0.2) is 21.7 Å². The van der Waals surface area contributed by atoms with Crippen LogP contribution in [-0.2, 0) is 6.42 Å². The molecule has 2 heterocycles. The maximum Gasteiger partial charge on any atom is 0.243 e. The fourth-order valence-electron chi connectivity index (χ4n) is 1.83. The highest BCUT2D eigenvalue weighted by atomic mass is 16.5. The first-order chi connectivity index (χ1) is 8.76. The Morgan fingerprint density at radius 3 is 2.94 bits per heavy atom. The van der Waals surface area contributed by atoms with Gasteiger partial charge in [0.05, 0.1) is 6.04 Å². The second kappa shape index (κ2) is 5.73. The molecule has 2 aromatic rings. The lowest BCUT2D eigenvalue weighted by atomic mass is 10.1. The van der Waals surface area contributed by atoms with E-state index in [0.29, 0.717) is 11.7 Å². The van der Waals surface area contributed by atoms with Gasteiger partial charge in [0.2, 0.25) is 11.7 Å². The van der Waals surface area contributed by atoms with E-state index in [1.54, 1.807) is 6.20 Å². The van der Waals surface area contributed by atoms with Crippen molar-refractivity contribution in [2.24, 2.45) is 0 Å². The fraction of sp³-hybridized carbons (Fsp3) is 0.462. The minimum atomic E-state index is 0.0602. The maximum atomic E-state index is 5.27. The van der Waals surface area contributed by atoms with E-state index in [4.69, 9.17) is 4.52 Å². The summed E-state index contributed by atoms with van der Waals surface area (Å²) in [4.78, 5) is 8.74. The summed E-state index contributed by atoms with van der Waals surface area (Å²) in [7, 11) is 0. The van der Waals surface area contributed by atoms with Gasteiger partial charge in [-0.15, -0.1) is 0 Å². The molecule has 0 radical (unpaired) electrons. The summed E-state index contributed by atoms with van der Waals surface area (Å²) in [6, 6.07) is 4.02. The molecule has 1 unspecified atom stereocenters. The van der Waals surface area contributed by atoms with Crippen molar-refractivity contribution in [1.82, 2.24) is 20.4 Å². The number of rotatable bonds is 5. The Bertz CT molecular complexity index is 509. The first-order valence-electron chi connectivity index (χ1n) is 6.27. The van der Waals surface area contributed by atoms with E-state index < -0.39 is 0 Å². The molecule has 18 heavy (non-hydrogen) atoms. The molecule has 5 nitrogen and oxygen atoms in total. The summed E-state index contributed by atoms with van der Waals surface area (Å²) in [5.41, 5.74) is 1.93. The van der Waals surface area contributed by atoms with Gasteiger partial charge in [0.25, 0.3) is 0 Å². The Morgan fingerprint density at radius 2 is 2.22 bits per heavy atom. The highest BCUT2D eigenvalue weighted by Crippen LogP contribution is 2.20. The van der Waals surface area contributed by atoms with Crippen LogP contribution in [0.4, 0.5) is 0 Å². The number of hydrogen-bond donors (Lipinski definition) is 1. The van der Waals surface area contributed by atoms with Gasteiger partial charge in [0, 0.05) is 6.20 Å². The molecule has 0 saturated carbocycles. The van der Waals surface area contributed by atoms with Gasteiger partial charge >= 0.3 is 0 Å². The van der Waals surface area contributed by atoms with Gasteiger partial charge in [-0.1, -0.05) is 25.1 Å². The third-order valence-corrected chi connectivity index (χ3v) is 2.81. The topological polar surface area (TPSA) is 63.8 Å². The van der Waals surface area contributed by atoms with E-state index in [1.165, 1.54) is 0 Å². The van der Waals surface area contributed by atoms with Crippen LogP contribution < -0.4 is 5.32 Å². The molecule has 0 aliphatic carbocycles. The Balaban J connectivity index is 2.29. The molecule has 0 amide bonds.